The van der Waals surface area contributed by atoms with Crippen LogP contribution < -0.4 is 4.74 Å². The summed E-state index contributed by atoms with van der Waals surface area (Å²) in [6.45, 7) is 4.42. The molecule has 1 spiro atoms. The Morgan fingerprint density at radius 2 is 1.33 bits per heavy atom. The topological polar surface area (TPSA) is 9.23 Å². The van der Waals surface area contributed by atoms with Gasteiger partial charge >= 0.3 is 0 Å². The van der Waals surface area contributed by atoms with Gasteiger partial charge in [0.1, 0.15) is 5.75 Å². The van der Waals surface area contributed by atoms with Crippen molar-refractivity contribution in [1.29, 1.82) is 0 Å². The van der Waals surface area contributed by atoms with Gasteiger partial charge in [0.2, 0.25) is 0 Å². The smallest absolute Gasteiger partial charge is 0.187 e. The summed E-state index contributed by atoms with van der Waals surface area (Å²) in [6, 6.07) is 47.6. The molecule has 0 saturated heterocycles. The summed E-state index contributed by atoms with van der Waals surface area (Å²) in [6.07, 6.45) is 4.72. The van der Waals surface area contributed by atoms with Crippen LogP contribution >= 0.6 is 11.3 Å². The Bertz CT molecular complexity index is 2650. The quantitative estimate of drug-likeness (QED) is 0.173. The standard InChI is InChI=1S/C46H30OS/c1-27-16-20-32-35(25-27)44-34(22-23-45(47-44,39-15-8-24-48-39)31-11-4-3-5-12-31)43-42(32)33-21-17-28(2)26-38(33)46(43)36-13-6-9-29-18-19-30-10-7-14-37(46)41(30)40(29)36/h3-26H,1-2H3. The van der Waals surface area contributed by atoms with Gasteiger partial charge in [-0.1, -0.05) is 132 Å². The molecule has 8 aromatic rings. The Morgan fingerprint density at radius 3 is 2.06 bits per heavy atom. The Hall–Kier alpha value is -5.44. The molecular formula is C46H30OS. The van der Waals surface area contributed by atoms with Gasteiger partial charge in [-0.05, 0) is 97.7 Å². The Kier molecular flexibility index (Phi) is 5.06. The van der Waals surface area contributed by atoms with Gasteiger partial charge in [0, 0.05) is 16.5 Å². The zero-order chi connectivity index (χ0) is 31.8. The van der Waals surface area contributed by atoms with Crippen molar-refractivity contribution in [2.24, 2.45) is 0 Å². The molecule has 0 bridgehead atoms. The Labute approximate surface area is 283 Å². The molecule has 2 heteroatoms. The first-order valence-corrected chi connectivity index (χ1v) is 17.6. The molecule has 1 nitrogen and oxygen atoms in total. The average molecular weight is 631 g/mol. The summed E-state index contributed by atoms with van der Waals surface area (Å²) in [5.74, 6) is 0.964. The highest BCUT2D eigenvalue weighted by Gasteiger charge is 2.54. The van der Waals surface area contributed by atoms with E-state index in [1.807, 2.05) is 0 Å². The Balaban J connectivity index is 1.35. The van der Waals surface area contributed by atoms with Crippen molar-refractivity contribution in [3.63, 3.8) is 0 Å². The van der Waals surface area contributed by atoms with Gasteiger partial charge in [-0.25, -0.2) is 0 Å². The number of benzene rings is 7. The van der Waals surface area contributed by atoms with E-state index in [1.165, 1.54) is 87.3 Å². The van der Waals surface area contributed by atoms with E-state index in [9.17, 15) is 0 Å². The maximum absolute atomic E-state index is 7.62. The number of thiophene rings is 1. The van der Waals surface area contributed by atoms with E-state index < -0.39 is 11.0 Å². The van der Waals surface area contributed by atoms with Crippen molar-refractivity contribution < 1.29 is 4.74 Å². The molecule has 226 valence electrons. The second kappa shape index (κ2) is 9.13. The second-order valence-corrected chi connectivity index (χ2v) is 14.7. The third kappa shape index (κ3) is 3.08. The van der Waals surface area contributed by atoms with E-state index in [-0.39, 0.29) is 0 Å². The number of ether oxygens (including phenoxy) is 1. The summed E-state index contributed by atoms with van der Waals surface area (Å²) < 4.78 is 7.62. The largest absolute Gasteiger partial charge is 0.471 e. The highest BCUT2D eigenvalue weighted by molar-refractivity contribution is 7.10. The van der Waals surface area contributed by atoms with Gasteiger partial charge in [0.15, 0.2) is 5.60 Å². The maximum atomic E-state index is 7.62. The van der Waals surface area contributed by atoms with Crippen molar-refractivity contribution >= 4 is 49.7 Å². The summed E-state index contributed by atoms with van der Waals surface area (Å²) in [7, 11) is 0. The molecular weight excluding hydrogens is 601 g/mol. The molecule has 1 unspecified atom stereocenters. The van der Waals surface area contributed by atoms with Crippen molar-refractivity contribution in [3.8, 4) is 16.9 Å². The Morgan fingerprint density at radius 1 is 0.604 bits per heavy atom. The first-order chi connectivity index (χ1) is 23.6. The number of hydrogen-bond acceptors (Lipinski definition) is 2. The van der Waals surface area contributed by atoms with Crippen LogP contribution in [0.15, 0.2) is 139 Å². The number of fused-ring (bicyclic) bond motifs is 12. The molecule has 48 heavy (non-hydrogen) atoms. The third-order valence-electron chi connectivity index (χ3n) is 11.2. The normalized spacial score (nSPS) is 17.7. The molecule has 1 atom stereocenters. The minimum atomic E-state index is -0.735. The van der Waals surface area contributed by atoms with Crippen molar-refractivity contribution in [1.82, 2.24) is 0 Å². The first-order valence-electron chi connectivity index (χ1n) is 16.7. The van der Waals surface area contributed by atoms with Crippen LogP contribution in [0.1, 0.15) is 49.4 Å². The predicted molar refractivity (Wildman–Crippen MR) is 200 cm³/mol. The van der Waals surface area contributed by atoms with Crippen molar-refractivity contribution in [2.45, 2.75) is 24.9 Å². The van der Waals surface area contributed by atoms with Gasteiger partial charge in [-0.15, -0.1) is 11.3 Å². The predicted octanol–water partition coefficient (Wildman–Crippen LogP) is 11.9. The van der Waals surface area contributed by atoms with Crippen LogP contribution in [0, 0.1) is 13.8 Å². The molecule has 0 saturated carbocycles. The molecule has 2 heterocycles. The molecule has 1 aliphatic heterocycles. The van der Waals surface area contributed by atoms with Gasteiger partial charge in [0.05, 0.1) is 10.3 Å². The summed E-state index contributed by atoms with van der Waals surface area (Å²) in [5, 5.41) is 9.91. The lowest BCUT2D eigenvalue weighted by Gasteiger charge is -2.38. The van der Waals surface area contributed by atoms with Crippen LogP contribution in [0.3, 0.4) is 0 Å². The van der Waals surface area contributed by atoms with Crippen LogP contribution in [-0.4, -0.2) is 0 Å². The first kappa shape index (κ1) is 26.6. The average Bonchev–Trinajstić information content (AvgIpc) is 3.85. The molecule has 7 aromatic carbocycles. The zero-order valence-corrected chi connectivity index (χ0v) is 27.5. The van der Waals surface area contributed by atoms with Gasteiger partial charge < -0.3 is 4.74 Å². The van der Waals surface area contributed by atoms with Gasteiger partial charge in [0.25, 0.3) is 0 Å². The zero-order valence-electron chi connectivity index (χ0n) is 26.7. The van der Waals surface area contributed by atoms with E-state index >= 15 is 0 Å². The van der Waals surface area contributed by atoms with Crippen molar-refractivity contribution in [2.75, 3.05) is 0 Å². The molecule has 0 amide bonds. The van der Waals surface area contributed by atoms with E-state index in [2.05, 4.69) is 159 Å². The van der Waals surface area contributed by atoms with E-state index in [1.54, 1.807) is 11.3 Å². The lowest BCUT2D eigenvalue weighted by molar-refractivity contribution is 0.167. The number of aryl methyl sites for hydroxylation is 2. The molecule has 0 fully saturated rings. The van der Waals surface area contributed by atoms with Crippen molar-refractivity contribution in [3.05, 3.63) is 188 Å². The van der Waals surface area contributed by atoms with E-state index in [0.717, 1.165) is 11.3 Å². The molecule has 1 aromatic heterocycles. The highest BCUT2D eigenvalue weighted by atomic mass is 32.1. The molecule has 2 aliphatic carbocycles. The maximum Gasteiger partial charge on any atom is 0.187 e. The SMILES string of the molecule is Cc1ccc2c(c1)C1(c3c4c(c5cc(C)ccc5c3-2)OC(c2ccccc2)(c2cccs2)C=C4)c2cccc3ccc4cccc1c4c23. The summed E-state index contributed by atoms with van der Waals surface area (Å²) in [4.78, 5) is 1.17. The van der Waals surface area contributed by atoms with E-state index in [4.69, 9.17) is 4.74 Å². The lowest BCUT2D eigenvalue weighted by atomic mass is 9.68. The summed E-state index contributed by atoms with van der Waals surface area (Å²) in [5.41, 5.74) is 11.7. The fourth-order valence-electron chi connectivity index (χ4n) is 9.34. The van der Waals surface area contributed by atoms with Gasteiger partial charge in [-0.2, -0.15) is 0 Å². The monoisotopic (exact) mass is 630 g/mol. The fraction of sp³-hybridized carbons (Fsp3) is 0.0870. The summed E-state index contributed by atoms with van der Waals surface area (Å²) >= 11 is 1.75. The van der Waals surface area contributed by atoms with Crippen LogP contribution in [0.5, 0.6) is 5.75 Å². The molecule has 3 aliphatic rings. The van der Waals surface area contributed by atoms with Crippen LogP contribution in [0.25, 0.3) is 49.5 Å². The molecule has 0 radical (unpaired) electrons. The lowest BCUT2D eigenvalue weighted by Crippen LogP contribution is -2.34. The fourth-order valence-corrected chi connectivity index (χ4v) is 10.2. The second-order valence-electron chi connectivity index (χ2n) is 13.7. The number of rotatable bonds is 2. The van der Waals surface area contributed by atoms with E-state index in [0.29, 0.717) is 0 Å². The minimum Gasteiger partial charge on any atom is -0.471 e. The highest BCUT2D eigenvalue weighted by Crippen LogP contribution is 2.66. The minimum absolute atomic E-state index is 0.480. The number of hydrogen-bond donors (Lipinski definition) is 0. The van der Waals surface area contributed by atoms with Gasteiger partial charge in [-0.3, -0.25) is 0 Å². The van der Waals surface area contributed by atoms with Crippen LogP contribution in [0.2, 0.25) is 0 Å². The third-order valence-corrected chi connectivity index (χ3v) is 12.2. The van der Waals surface area contributed by atoms with Crippen LogP contribution in [0.4, 0.5) is 0 Å². The van der Waals surface area contributed by atoms with Crippen LogP contribution in [-0.2, 0) is 11.0 Å². The molecule has 0 N–H and O–H groups in total. The molecule has 11 rings (SSSR count).